The number of anilines is 3. The number of likely N-dealkylation sites (tertiary alicyclic amines) is 2. The number of nitrogens with one attached hydrogen (secondary N) is 1. The van der Waals surface area contributed by atoms with Crippen LogP contribution in [0.3, 0.4) is 0 Å². The lowest BCUT2D eigenvalue weighted by atomic mass is 9.83. The molecule has 1 aromatic heterocycles. The lowest BCUT2D eigenvalue weighted by Crippen LogP contribution is -2.71. The van der Waals surface area contributed by atoms with Gasteiger partial charge in [-0.15, -0.1) is 0 Å². The summed E-state index contributed by atoms with van der Waals surface area (Å²) in [5.41, 5.74) is 3.29. The van der Waals surface area contributed by atoms with Crippen molar-refractivity contribution >= 4 is 34.8 Å². The summed E-state index contributed by atoms with van der Waals surface area (Å²) in [5, 5.41) is 3.53. The van der Waals surface area contributed by atoms with Gasteiger partial charge in [0, 0.05) is 63.1 Å². The quantitative estimate of drug-likeness (QED) is 0.390. The Balaban J connectivity index is 0.963. The van der Waals surface area contributed by atoms with E-state index in [0.717, 1.165) is 55.0 Å². The number of likely N-dealkylation sites (N-methyl/N-ethyl adjacent to an activating group) is 1. The summed E-state index contributed by atoms with van der Waals surface area (Å²) in [6.45, 7) is 4.49. The molecule has 1 amide bonds. The molecule has 2 atom stereocenters. The first-order valence-electron chi connectivity index (χ1n) is 15.6. The number of carbonyl (C=O) groups excluding carboxylic acids is 1. The van der Waals surface area contributed by atoms with Crippen LogP contribution >= 0.6 is 11.6 Å². The van der Waals surface area contributed by atoms with Gasteiger partial charge in [0.2, 0.25) is 11.8 Å². The van der Waals surface area contributed by atoms with Gasteiger partial charge in [-0.1, -0.05) is 23.7 Å². The van der Waals surface area contributed by atoms with Gasteiger partial charge in [0.25, 0.3) is 5.91 Å². The van der Waals surface area contributed by atoms with Crippen molar-refractivity contribution in [3.8, 4) is 17.4 Å². The third-order valence-electron chi connectivity index (χ3n) is 10.4. The molecule has 1 aliphatic carbocycles. The number of rotatable bonds is 7. The molecule has 5 heterocycles. The maximum Gasteiger partial charge on any atom is 0.258 e. The van der Waals surface area contributed by atoms with Crippen molar-refractivity contribution in [2.24, 2.45) is 0 Å². The average molecular weight is 616 g/mol. The van der Waals surface area contributed by atoms with E-state index >= 15 is 0 Å². The number of amides is 1. The number of halogens is 1. The summed E-state index contributed by atoms with van der Waals surface area (Å²) in [4.78, 5) is 31.6. The van der Waals surface area contributed by atoms with Gasteiger partial charge >= 0.3 is 0 Å². The fourth-order valence-corrected chi connectivity index (χ4v) is 8.18. The van der Waals surface area contributed by atoms with Crippen LogP contribution in [0.5, 0.6) is 17.4 Å². The number of hydrogen-bond donors (Lipinski definition) is 1. The molecule has 3 saturated heterocycles. The Morgan fingerprint density at radius 1 is 1.02 bits per heavy atom. The third kappa shape index (κ3) is 4.49. The van der Waals surface area contributed by atoms with Crippen molar-refractivity contribution in [2.75, 3.05) is 57.6 Å². The van der Waals surface area contributed by atoms with Gasteiger partial charge in [-0.2, -0.15) is 4.98 Å². The van der Waals surface area contributed by atoms with Gasteiger partial charge in [-0.3, -0.25) is 9.69 Å². The van der Waals surface area contributed by atoms with Crippen LogP contribution in [0.15, 0.2) is 42.6 Å². The van der Waals surface area contributed by atoms with Crippen molar-refractivity contribution in [2.45, 2.75) is 55.8 Å². The second kappa shape index (κ2) is 10.5. The summed E-state index contributed by atoms with van der Waals surface area (Å²) in [6, 6.07) is 14.1. The highest BCUT2D eigenvalue weighted by atomic mass is 35.5. The van der Waals surface area contributed by atoms with Gasteiger partial charge in [-0.25, -0.2) is 4.98 Å². The monoisotopic (exact) mass is 615 g/mol. The predicted octanol–water partition coefficient (Wildman–Crippen LogP) is 5.11. The van der Waals surface area contributed by atoms with E-state index in [0.29, 0.717) is 29.1 Å². The first-order valence-corrected chi connectivity index (χ1v) is 16.0. The zero-order chi connectivity index (χ0) is 30.2. The van der Waals surface area contributed by atoms with Gasteiger partial charge in [0.15, 0.2) is 0 Å². The van der Waals surface area contributed by atoms with E-state index in [1.54, 1.807) is 13.2 Å². The molecule has 11 heteroatoms. The molecule has 2 unspecified atom stereocenters. The number of piperazine rings is 1. The van der Waals surface area contributed by atoms with E-state index < -0.39 is 0 Å². The molecule has 4 fully saturated rings. The van der Waals surface area contributed by atoms with Crippen molar-refractivity contribution in [3.05, 3.63) is 58.7 Å². The summed E-state index contributed by atoms with van der Waals surface area (Å²) >= 11 is 6.47. The largest absolute Gasteiger partial charge is 0.494 e. The van der Waals surface area contributed by atoms with E-state index in [1.165, 1.54) is 38.5 Å². The lowest BCUT2D eigenvalue weighted by Gasteiger charge is -2.59. The maximum absolute atomic E-state index is 13.1. The van der Waals surface area contributed by atoms with Crippen LogP contribution in [0.25, 0.3) is 0 Å². The lowest BCUT2D eigenvalue weighted by molar-refractivity contribution is -0.0937. The second-order valence-electron chi connectivity index (χ2n) is 13.0. The summed E-state index contributed by atoms with van der Waals surface area (Å²) in [5.74, 6) is 1.61. The molecule has 8 rings (SSSR count). The molecule has 2 bridgehead atoms. The number of ether oxygens (including phenoxy) is 2. The molecule has 3 aromatic rings. The number of fused-ring (bicyclic) bond motifs is 4. The van der Waals surface area contributed by atoms with Crippen LogP contribution < -0.4 is 19.7 Å². The van der Waals surface area contributed by atoms with Gasteiger partial charge in [0.05, 0.1) is 30.1 Å². The number of hydrogen-bond acceptors (Lipinski definition) is 9. The maximum atomic E-state index is 13.1. The molecule has 44 heavy (non-hydrogen) atoms. The zero-order valence-electron chi connectivity index (χ0n) is 25.4. The van der Waals surface area contributed by atoms with Crippen molar-refractivity contribution in [1.82, 2.24) is 24.7 Å². The third-order valence-corrected chi connectivity index (χ3v) is 10.7. The van der Waals surface area contributed by atoms with Crippen LogP contribution in [-0.4, -0.2) is 96.1 Å². The Bertz CT molecular complexity index is 1610. The standard InChI is InChI=1S/C33H38ClN7O3/c1-38-18-22-15-23(19-38)41(22)20-9-13-40(14-10-20)21-7-8-26(28(16-21)43-3)36-32-35-17-25(34)30(37-32)44-27-6-4-5-24-29(27)31(42)39(2)33(24)11-12-33/h4-8,16-17,20,22-23H,9-15,18-19H2,1-3H3,(H,35,36,37). The Morgan fingerprint density at radius 3 is 2.52 bits per heavy atom. The zero-order valence-corrected chi connectivity index (χ0v) is 26.2. The minimum Gasteiger partial charge on any atom is -0.494 e. The van der Waals surface area contributed by atoms with Gasteiger partial charge in [-0.05, 0) is 62.9 Å². The normalized spacial score (nSPS) is 24.3. The number of methoxy groups -OCH3 is 1. The van der Waals surface area contributed by atoms with Gasteiger partial charge in [0.1, 0.15) is 16.5 Å². The first kappa shape index (κ1) is 27.9. The highest BCUT2D eigenvalue weighted by Gasteiger charge is 2.57. The van der Waals surface area contributed by atoms with E-state index in [9.17, 15) is 4.79 Å². The second-order valence-corrected chi connectivity index (χ2v) is 13.4. The van der Waals surface area contributed by atoms with Crippen LogP contribution in [0.2, 0.25) is 5.02 Å². The van der Waals surface area contributed by atoms with Gasteiger partial charge < -0.3 is 29.5 Å². The van der Waals surface area contributed by atoms with E-state index in [-0.39, 0.29) is 22.3 Å². The van der Waals surface area contributed by atoms with Crippen LogP contribution in [-0.2, 0) is 5.54 Å². The summed E-state index contributed by atoms with van der Waals surface area (Å²) in [6.07, 6.45) is 7.17. The molecule has 2 aromatic carbocycles. The van der Waals surface area contributed by atoms with Crippen LogP contribution in [0, 0.1) is 0 Å². The Kier molecular flexibility index (Phi) is 6.66. The smallest absolute Gasteiger partial charge is 0.258 e. The number of aromatic nitrogens is 2. The van der Waals surface area contributed by atoms with E-state index in [4.69, 9.17) is 21.1 Å². The molecule has 1 saturated carbocycles. The number of nitrogens with zero attached hydrogens (tertiary/aromatic N) is 6. The number of piperidine rings is 2. The van der Waals surface area contributed by atoms with Crippen molar-refractivity contribution in [1.29, 1.82) is 0 Å². The van der Waals surface area contributed by atoms with Crippen LogP contribution in [0.1, 0.15) is 48.0 Å². The Labute approximate surface area is 262 Å². The minimum absolute atomic E-state index is 0.0402. The van der Waals surface area contributed by atoms with Crippen LogP contribution in [0.4, 0.5) is 17.3 Å². The molecule has 230 valence electrons. The molecular formula is C33H38ClN7O3. The molecule has 10 nitrogen and oxygen atoms in total. The fraction of sp³-hybridized carbons (Fsp3) is 0.485. The molecular weight excluding hydrogens is 578 g/mol. The molecule has 4 aliphatic heterocycles. The average Bonchev–Trinajstić information content (AvgIpc) is 3.81. The minimum atomic E-state index is -0.197. The highest BCUT2D eigenvalue weighted by molar-refractivity contribution is 6.31. The Morgan fingerprint density at radius 2 is 1.80 bits per heavy atom. The predicted molar refractivity (Wildman–Crippen MR) is 170 cm³/mol. The molecule has 1 N–H and O–H groups in total. The van der Waals surface area contributed by atoms with Crippen molar-refractivity contribution < 1.29 is 14.3 Å². The van der Waals surface area contributed by atoms with E-state index in [1.807, 2.05) is 30.1 Å². The first-order chi connectivity index (χ1) is 21.3. The summed E-state index contributed by atoms with van der Waals surface area (Å²) in [7, 11) is 5.77. The highest BCUT2D eigenvalue weighted by Crippen LogP contribution is 2.57. The summed E-state index contributed by atoms with van der Waals surface area (Å²) < 4.78 is 12.0. The van der Waals surface area contributed by atoms with E-state index in [2.05, 4.69) is 49.2 Å². The molecule has 1 spiro atoms. The molecule has 5 aliphatic rings. The SMILES string of the molecule is COc1cc(N2CCC(N3C4CC3CN(C)C4)CC2)ccc1Nc1ncc(Cl)c(Oc2cccc3c2C(=O)N(C)C32CC2)n1. The number of carbonyl (C=O) groups is 1. The fourth-order valence-electron chi connectivity index (χ4n) is 8.05. The van der Waals surface area contributed by atoms with Crippen molar-refractivity contribution in [3.63, 3.8) is 0 Å². The topological polar surface area (TPSA) is 86.3 Å². The molecule has 0 radical (unpaired) electrons. The number of benzene rings is 2. The Hall–Kier alpha value is -3.60.